The van der Waals surface area contributed by atoms with E-state index in [9.17, 15) is 0 Å². The zero-order valence-electron chi connectivity index (χ0n) is 10.5. The van der Waals surface area contributed by atoms with Gasteiger partial charge in [0.05, 0.1) is 6.61 Å². The normalized spacial score (nSPS) is 11.9. The third-order valence-corrected chi connectivity index (χ3v) is 3.60. The van der Waals surface area contributed by atoms with Gasteiger partial charge in [-0.15, -0.1) is 0 Å². The Kier molecular flexibility index (Phi) is 4.99. The average Bonchev–Trinajstić information content (AvgIpc) is 2.41. The van der Waals surface area contributed by atoms with Crippen molar-refractivity contribution in [2.24, 2.45) is 0 Å². The standard InChI is InChI=1S/C16H17OP/c1-2-17-16(13-14-9-5-3-6-10-14)18-15-11-7-4-8-12-15/h3-13,18H,2H2,1H3. The van der Waals surface area contributed by atoms with Crippen LogP contribution in [0.15, 0.2) is 66.2 Å². The second kappa shape index (κ2) is 6.98. The highest BCUT2D eigenvalue weighted by molar-refractivity contribution is 7.51. The molecule has 2 aromatic carbocycles. The van der Waals surface area contributed by atoms with E-state index in [1.54, 1.807) is 0 Å². The van der Waals surface area contributed by atoms with E-state index in [4.69, 9.17) is 4.74 Å². The zero-order valence-corrected chi connectivity index (χ0v) is 11.5. The number of hydrogen-bond acceptors (Lipinski definition) is 1. The van der Waals surface area contributed by atoms with Crippen LogP contribution in [-0.4, -0.2) is 6.61 Å². The van der Waals surface area contributed by atoms with Crippen LogP contribution in [0.5, 0.6) is 0 Å². The maximum atomic E-state index is 5.72. The summed E-state index contributed by atoms with van der Waals surface area (Å²) in [5.41, 5.74) is 2.22. The summed E-state index contributed by atoms with van der Waals surface area (Å²) in [6.07, 6.45) is 2.12. The molecule has 0 fully saturated rings. The van der Waals surface area contributed by atoms with Gasteiger partial charge in [0.1, 0.15) is 5.50 Å². The Morgan fingerprint density at radius 1 is 1.00 bits per heavy atom. The molecule has 0 heterocycles. The van der Waals surface area contributed by atoms with Crippen molar-refractivity contribution in [2.45, 2.75) is 6.92 Å². The number of rotatable bonds is 5. The van der Waals surface area contributed by atoms with Crippen LogP contribution < -0.4 is 5.30 Å². The molecule has 0 aliphatic heterocycles. The highest BCUT2D eigenvalue weighted by atomic mass is 31.1. The molecule has 0 aliphatic rings. The molecule has 0 spiro atoms. The van der Waals surface area contributed by atoms with Gasteiger partial charge in [0.15, 0.2) is 0 Å². The van der Waals surface area contributed by atoms with Gasteiger partial charge in [0.25, 0.3) is 0 Å². The zero-order chi connectivity index (χ0) is 12.6. The van der Waals surface area contributed by atoms with Gasteiger partial charge in [-0.25, -0.2) is 0 Å². The van der Waals surface area contributed by atoms with Crippen molar-refractivity contribution in [2.75, 3.05) is 6.61 Å². The molecule has 1 unspecified atom stereocenters. The summed E-state index contributed by atoms with van der Waals surface area (Å²) >= 11 is 0. The Morgan fingerprint density at radius 2 is 1.61 bits per heavy atom. The first-order valence-electron chi connectivity index (χ1n) is 6.10. The van der Waals surface area contributed by atoms with Gasteiger partial charge in [-0.05, 0) is 32.4 Å². The van der Waals surface area contributed by atoms with Crippen molar-refractivity contribution in [3.8, 4) is 0 Å². The fraction of sp³-hybridized carbons (Fsp3) is 0.125. The van der Waals surface area contributed by atoms with Crippen LogP contribution in [0.4, 0.5) is 0 Å². The van der Waals surface area contributed by atoms with Gasteiger partial charge in [0, 0.05) is 0 Å². The first-order chi connectivity index (χ1) is 8.88. The fourth-order valence-electron chi connectivity index (χ4n) is 1.63. The topological polar surface area (TPSA) is 9.23 Å². The van der Waals surface area contributed by atoms with Crippen LogP contribution in [0.1, 0.15) is 12.5 Å². The monoisotopic (exact) mass is 256 g/mol. The Balaban J connectivity index is 2.16. The van der Waals surface area contributed by atoms with Gasteiger partial charge in [-0.2, -0.15) is 0 Å². The molecule has 0 aliphatic carbocycles. The lowest BCUT2D eigenvalue weighted by atomic mass is 10.2. The Labute approximate surface area is 110 Å². The molecule has 2 rings (SSSR count). The minimum atomic E-state index is 0.567. The molecule has 0 radical (unpaired) electrons. The molecular weight excluding hydrogens is 239 g/mol. The quantitative estimate of drug-likeness (QED) is 0.580. The van der Waals surface area contributed by atoms with Gasteiger partial charge in [-0.3, -0.25) is 0 Å². The molecule has 0 bridgehead atoms. The van der Waals surface area contributed by atoms with Crippen molar-refractivity contribution in [3.05, 3.63) is 71.7 Å². The summed E-state index contributed by atoms with van der Waals surface area (Å²) in [6.45, 7) is 2.73. The molecule has 1 nitrogen and oxygen atoms in total. The molecule has 0 aromatic heterocycles. The van der Waals surface area contributed by atoms with Gasteiger partial charge in [-0.1, -0.05) is 60.7 Å². The highest BCUT2D eigenvalue weighted by Gasteiger charge is 2.00. The van der Waals surface area contributed by atoms with Crippen molar-refractivity contribution in [1.82, 2.24) is 0 Å². The van der Waals surface area contributed by atoms with E-state index in [-0.39, 0.29) is 0 Å². The van der Waals surface area contributed by atoms with Crippen LogP contribution >= 0.6 is 8.58 Å². The minimum absolute atomic E-state index is 0.567. The number of hydrogen-bond donors (Lipinski definition) is 0. The maximum Gasteiger partial charge on any atom is 0.120 e. The van der Waals surface area contributed by atoms with Crippen LogP contribution in [0.3, 0.4) is 0 Å². The van der Waals surface area contributed by atoms with Crippen LogP contribution in [-0.2, 0) is 4.74 Å². The lowest BCUT2D eigenvalue weighted by Gasteiger charge is -2.09. The van der Waals surface area contributed by atoms with Crippen molar-refractivity contribution < 1.29 is 4.74 Å². The van der Waals surface area contributed by atoms with Crippen molar-refractivity contribution in [1.29, 1.82) is 0 Å². The Bertz CT molecular complexity index is 491. The third kappa shape index (κ3) is 4.01. The first kappa shape index (κ1) is 12.9. The molecule has 2 heteroatoms. The van der Waals surface area contributed by atoms with Crippen LogP contribution in [0, 0.1) is 0 Å². The Morgan fingerprint density at radius 3 is 2.22 bits per heavy atom. The molecule has 18 heavy (non-hydrogen) atoms. The van der Waals surface area contributed by atoms with E-state index in [2.05, 4.69) is 42.5 Å². The fourth-order valence-corrected chi connectivity index (χ4v) is 2.73. The minimum Gasteiger partial charge on any atom is -0.494 e. The number of ether oxygens (including phenoxy) is 1. The smallest absolute Gasteiger partial charge is 0.120 e. The second-order valence-corrected chi connectivity index (χ2v) is 5.16. The molecule has 0 saturated heterocycles. The van der Waals surface area contributed by atoms with Crippen molar-refractivity contribution in [3.63, 3.8) is 0 Å². The van der Waals surface area contributed by atoms with Crippen LogP contribution in [0.2, 0.25) is 0 Å². The summed E-state index contributed by atoms with van der Waals surface area (Å²) in [6, 6.07) is 20.7. The molecule has 1 atom stereocenters. The summed E-state index contributed by atoms with van der Waals surface area (Å²) in [5, 5.41) is 1.30. The Hall–Kier alpha value is -1.59. The number of benzene rings is 2. The predicted molar refractivity (Wildman–Crippen MR) is 80.4 cm³/mol. The first-order valence-corrected chi connectivity index (χ1v) is 7.10. The van der Waals surface area contributed by atoms with Gasteiger partial charge >= 0.3 is 0 Å². The summed E-state index contributed by atoms with van der Waals surface area (Å²) in [5.74, 6) is 0. The average molecular weight is 256 g/mol. The van der Waals surface area contributed by atoms with E-state index in [1.165, 1.54) is 10.9 Å². The molecule has 0 saturated carbocycles. The summed E-state index contributed by atoms with van der Waals surface area (Å²) in [7, 11) is 0.567. The second-order valence-electron chi connectivity index (χ2n) is 3.84. The van der Waals surface area contributed by atoms with E-state index in [0.29, 0.717) is 15.2 Å². The molecular formula is C16H17OP. The highest BCUT2D eigenvalue weighted by Crippen LogP contribution is 2.26. The van der Waals surface area contributed by atoms with Crippen molar-refractivity contribution >= 4 is 20.0 Å². The maximum absolute atomic E-state index is 5.72. The summed E-state index contributed by atoms with van der Waals surface area (Å²) in [4.78, 5) is 0. The lowest BCUT2D eigenvalue weighted by Crippen LogP contribution is -1.95. The van der Waals surface area contributed by atoms with E-state index < -0.39 is 0 Å². The lowest BCUT2D eigenvalue weighted by molar-refractivity contribution is 0.260. The molecule has 0 amide bonds. The van der Waals surface area contributed by atoms with Crippen LogP contribution in [0.25, 0.3) is 6.08 Å². The molecule has 2 aromatic rings. The van der Waals surface area contributed by atoms with Gasteiger partial charge in [0.2, 0.25) is 0 Å². The molecule has 0 N–H and O–H groups in total. The van der Waals surface area contributed by atoms with Gasteiger partial charge < -0.3 is 4.74 Å². The largest absolute Gasteiger partial charge is 0.494 e. The van der Waals surface area contributed by atoms with E-state index in [0.717, 1.165) is 5.50 Å². The summed E-state index contributed by atoms with van der Waals surface area (Å²) < 4.78 is 5.72. The molecule has 92 valence electrons. The predicted octanol–water partition coefficient (Wildman–Crippen LogP) is 4.03. The van der Waals surface area contributed by atoms with E-state index >= 15 is 0 Å². The van der Waals surface area contributed by atoms with E-state index in [1.807, 2.05) is 31.2 Å². The third-order valence-electron chi connectivity index (χ3n) is 2.44. The SMILES string of the molecule is CCOC(=Cc1ccccc1)Pc1ccccc1.